The van der Waals surface area contributed by atoms with Gasteiger partial charge in [0.15, 0.2) is 0 Å². The average molecular weight is 403 g/mol. The van der Waals surface area contributed by atoms with E-state index in [0.717, 1.165) is 35.9 Å². The SMILES string of the molecule is O=C(CNc1cccc(C(=O)NCC2CCCO2)c1)Nc1cccc2ccccc12. The van der Waals surface area contributed by atoms with Gasteiger partial charge in [-0.05, 0) is 42.5 Å². The molecule has 3 aromatic rings. The Kier molecular flexibility index (Phi) is 6.25. The fraction of sp³-hybridized carbons (Fsp3) is 0.250. The van der Waals surface area contributed by atoms with Gasteiger partial charge in [-0.1, -0.05) is 42.5 Å². The van der Waals surface area contributed by atoms with Crippen LogP contribution in [0.2, 0.25) is 0 Å². The minimum Gasteiger partial charge on any atom is -0.376 e. The first-order valence-corrected chi connectivity index (χ1v) is 10.2. The van der Waals surface area contributed by atoms with E-state index in [0.29, 0.717) is 17.8 Å². The number of amides is 2. The molecule has 1 aliphatic heterocycles. The van der Waals surface area contributed by atoms with Crippen LogP contribution in [0.4, 0.5) is 11.4 Å². The van der Waals surface area contributed by atoms with Crippen LogP contribution in [0.1, 0.15) is 23.2 Å². The van der Waals surface area contributed by atoms with Crippen LogP contribution < -0.4 is 16.0 Å². The zero-order chi connectivity index (χ0) is 20.8. The summed E-state index contributed by atoms with van der Waals surface area (Å²) in [5.41, 5.74) is 2.04. The Morgan fingerprint density at radius 2 is 1.83 bits per heavy atom. The van der Waals surface area contributed by atoms with Gasteiger partial charge in [0.25, 0.3) is 5.91 Å². The summed E-state index contributed by atoms with van der Waals surface area (Å²) < 4.78 is 5.53. The van der Waals surface area contributed by atoms with E-state index in [1.165, 1.54) is 0 Å². The quantitative estimate of drug-likeness (QED) is 0.561. The van der Waals surface area contributed by atoms with E-state index in [1.54, 1.807) is 18.2 Å². The summed E-state index contributed by atoms with van der Waals surface area (Å²) in [6, 6.07) is 20.9. The van der Waals surface area contributed by atoms with Crippen LogP contribution in [0.25, 0.3) is 10.8 Å². The van der Waals surface area contributed by atoms with Crippen molar-refractivity contribution in [1.82, 2.24) is 5.32 Å². The molecule has 1 aliphatic rings. The Labute approximate surface area is 175 Å². The third kappa shape index (κ3) is 4.96. The van der Waals surface area contributed by atoms with E-state index in [9.17, 15) is 9.59 Å². The van der Waals surface area contributed by atoms with Gasteiger partial charge in [-0.25, -0.2) is 0 Å². The summed E-state index contributed by atoms with van der Waals surface area (Å²) in [6.45, 7) is 1.38. The molecule has 30 heavy (non-hydrogen) atoms. The van der Waals surface area contributed by atoms with Crippen LogP contribution in [0.5, 0.6) is 0 Å². The maximum atomic E-state index is 12.4. The van der Waals surface area contributed by atoms with Crippen molar-refractivity contribution < 1.29 is 14.3 Å². The van der Waals surface area contributed by atoms with Crippen LogP contribution in [0.15, 0.2) is 66.7 Å². The summed E-state index contributed by atoms with van der Waals surface area (Å²) in [5.74, 6) is -0.297. The average Bonchev–Trinajstić information content (AvgIpc) is 3.30. The van der Waals surface area contributed by atoms with Crippen molar-refractivity contribution in [2.24, 2.45) is 0 Å². The first-order valence-electron chi connectivity index (χ1n) is 10.2. The molecule has 3 aromatic carbocycles. The fourth-order valence-corrected chi connectivity index (χ4v) is 3.60. The first kappa shape index (κ1) is 19.9. The molecule has 2 amide bonds. The molecule has 1 fully saturated rings. The van der Waals surface area contributed by atoms with Crippen molar-refractivity contribution >= 4 is 34.0 Å². The highest BCUT2D eigenvalue weighted by atomic mass is 16.5. The van der Waals surface area contributed by atoms with Gasteiger partial charge < -0.3 is 20.7 Å². The molecular weight excluding hydrogens is 378 g/mol. The molecule has 6 nitrogen and oxygen atoms in total. The molecule has 0 saturated carbocycles. The van der Waals surface area contributed by atoms with Gasteiger partial charge in [0.2, 0.25) is 5.91 Å². The van der Waals surface area contributed by atoms with Crippen LogP contribution in [-0.4, -0.2) is 37.6 Å². The van der Waals surface area contributed by atoms with E-state index in [-0.39, 0.29) is 24.5 Å². The van der Waals surface area contributed by atoms with Crippen LogP contribution >= 0.6 is 0 Å². The molecule has 3 N–H and O–H groups in total. The van der Waals surface area contributed by atoms with E-state index in [4.69, 9.17) is 4.74 Å². The number of fused-ring (bicyclic) bond motifs is 1. The monoisotopic (exact) mass is 403 g/mol. The van der Waals surface area contributed by atoms with Gasteiger partial charge in [-0.15, -0.1) is 0 Å². The summed E-state index contributed by atoms with van der Waals surface area (Å²) in [5, 5.41) is 11.0. The predicted molar refractivity (Wildman–Crippen MR) is 119 cm³/mol. The number of hydrogen-bond donors (Lipinski definition) is 3. The van der Waals surface area contributed by atoms with Gasteiger partial charge >= 0.3 is 0 Å². The molecular formula is C24H25N3O3. The number of nitrogens with one attached hydrogen (secondary N) is 3. The standard InChI is InChI=1S/C24H25N3O3/c28-23(27-22-12-4-7-17-6-1-2-11-21(17)22)16-25-19-9-3-8-18(14-19)24(29)26-15-20-10-5-13-30-20/h1-4,6-9,11-12,14,20,25H,5,10,13,15-16H2,(H,26,29)(H,27,28). The van der Waals surface area contributed by atoms with E-state index < -0.39 is 0 Å². The second-order valence-corrected chi connectivity index (χ2v) is 7.35. The summed E-state index contributed by atoms with van der Waals surface area (Å²) in [7, 11) is 0. The predicted octanol–water partition coefficient (Wildman–Crippen LogP) is 3.80. The molecule has 1 heterocycles. The zero-order valence-electron chi connectivity index (χ0n) is 16.7. The van der Waals surface area contributed by atoms with Crippen molar-refractivity contribution in [1.29, 1.82) is 0 Å². The zero-order valence-corrected chi connectivity index (χ0v) is 16.7. The lowest BCUT2D eigenvalue weighted by molar-refractivity contribution is -0.114. The number of anilines is 2. The van der Waals surface area contributed by atoms with Crippen molar-refractivity contribution in [2.75, 3.05) is 30.3 Å². The topological polar surface area (TPSA) is 79.5 Å². The van der Waals surface area contributed by atoms with Gasteiger partial charge in [0.05, 0.1) is 12.6 Å². The molecule has 1 unspecified atom stereocenters. The Bertz CT molecular complexity index is 1040. The van der Waals surface area contributed by atoms with Crippen LogP contribution in [0.3, 0.4) is 0 Å². The van der Waals surface area contributed by atoms with Gasteiger partial charge in [-0.2, -0.15) is 0 Å². The molecule has 0 aliphatic carbocycles. The summed E-state index contributed by atoms with van der Waals surface area (Å²) >= 11 is 0. The van der Waals surface area contributed by atoms with E-state index >= 15 is 0 Å². The molecule has 0 aromatic heterocycles. The smallest absolute Gasteiger partial charge is 0.251 e. The lowest BCUT2D eigenvalue weighted by Gasteiger charge is -2.12. The molecule has 4 rings (SSSR count). The largest absolute Gasteiger partial charge is 0.376 e. The Hall–Kier alpha value is -3.38. The molecule has 0 spiro atoms. The van der Waals surface area contributed by atoms with Gasteiger partial charge in [0.1, 0.15) is 0 Å². The number of hydrogen-bond acceptors (Lipinski definition) is 4. The third-order valence-electron chi connectivity index (χ3n) is 5.16. The Morgan fingerprint density at radius 1 is 1.00 bits per heavy atom. The summed E-state index contributed by atoms with van der Waals surface area (Å²) in [4.78, 5) is 24.8. The molecule has 1 saturated heterocycles. The number of benzene rings is 3. The maximum Gasteiger partial charge on any atom is 0.251 e. The number of ether oxygens (including phenoxy) is 1. The Morgan fingerprint density at radius 3 is 2.70 bits per heavy atom. The molecule has 0 radical (unpaired) electrons. The van der Waals surface area contributed by atoms with Crippen molar-refractivity contribution in [3.63, 3.8) is 0 Å². The molecule has 6 heteroatoms. The summed E-state index contributed by atoms with van der Waals surface area (Å²) in [6.07, 6.45) is 2.13. The number of carbonyl (C=O) groups excluding carboxylic acids is 2. The minimum atomic E-state index is -0.153. The Balaban J connectivity index is 1.32. The number of rotatable bonds is 7. The van der Waals surface area contributed by atoms with Crippen molar-refractivity contribution in [3.05, 3.63) is 72.3 Å². The lowest BCUT2D eigenvalue weighted by atomic mass is 10.1. The number of carbonyl (C=O) groups is 2. The minimum absolute atomic E-state index is 0.101. The second kappa shape index (κ2) is 9.41. The first-order chi connectivity index (χ1) is 14.7. The highest BCUT2D eigenvalue weighted by Crippen LogP contribution is 2.22. The van der Waals surface area contributed by atoms with Crippen molar-refractivity contribution in [3.8, 4) is 0 Å². The second-order valence-electron chi connectivity index (χ2n) is 7.35. The highest BCUT2D eigenvalue weighted by molar-refractivity contribution is 6.03. The van der Waals surface area contributed by atoms with Crippen LogP contribution in [-0.2, 0) is 9.53 Å². The van der Waals surface area contributed by atoms with Gasteiger partial charge in [-0.3, -0.25) is 9.59 Å². The normalized spacial score (nSPS) is 15.7. The highest BCUT2D eigenvalue weighted by Gasteiger charge is 2.16. The molecule has 1 atom stereocenters. The molecule has 0 bridgehead atoms. The lowest BCUT2D eigenvalue weighted by Crippen LogP contribution is -2.31. The third-order valence-corrected chi connectivity index (χ3v) is 5.16. The maximum absolute atomic E-state index is 12.4. The molecule has 154 valence electrons. The van der Waals surface area contributed by atoms with E-state index in [2.05, 4.69) is 16.0 Å². The van der Waals surface area contributed by atoms with Crippen LogP contribution in [0, 0.1) is 0 Å². The van der Waals surface area contributed by atoms with E-state index in [1.807, 2.05) is 48.5 Å². The van der Waals surface area contributed by atoms with Crippen molar-refractivity contribution in [2.45, 2.75) is 18.9 Å². The van der Waals surface area contributed by atoms with Gasteiger partial charge in [0, 0.05) is 35.5 Å². The fourth-order valence-electron chi connectivity index (χ4n) is 3.60.